The predicted octanol–water partition coefficient (Wildman–Crippen LogP) is 4.03. The normalized spacial score (nSPS) is 10.5. The van der Waals surface area contributed by atoms with E-state index in [9.17, 15) is 9.59 Å². The molecule has 5 nitrogen and oxygen atoms in total. The average molecular weight is 366 g/mol. The average Bonchev–Trinajstić information content (AvgIpc) is 2.51. The number of rotatable bonds is 5. The topological polar surface area (TPSA) is 71.1 Å². The number of aromatic nitrogens is 1. The molecular weight excluding hydrogens is 349 g/mol. The number of nitrogens with one attached hydrogen (secondary N) is 2. The Morgan fingerprint density at radius 3 is 2.38 bits per heavy atom. The summed E-state index contributed by atoms with van der Waals surface area (Å²) in [6.45, 7) is 4.53. The first kappa shape index (κ1) is 18.2. The lowest BCUT2D eigenvalue weighted by Crippen LogP contribution is -2.28. The molecule has 0 aliphatic carbocycles. The van der Waals surface area contributed by atoms with E-state index in [-0.39, 0.29) is 17.5 Å². The van der Waals surface area contributed by atoms with Crippen LogP contribution in [0.4, 0.5) is 5.69 Å². The molecule has 0 saturated carbocycles. The fourth-order valence-electron chi connectivity index (χ4n) is 1.91. The number of carbonyl (C=O) groups is 2. The summed E-state index contributed by atoms with van der Waals surface area (Å²) in [7, 11) is 0. The summed E-state index contributed by atoms with van der Waals surface area (Å²) in [6.07, 6.45) is 1.42. The van der Waals surface area contributed by atoms with Crippen LogP contribution in [0.2, 0.25) is 10.0 Å². The van der Waals surface area contributed by atoms with Gasteiger partial charge in [-0.05, 0) is 36.2 Å². The van der Waals surface area contributed by atoms with E-state index in [1.54, 1.807) is 18.2 Å². The van der Waals surface area contributed by atoms with E-state index in [1.165, 1.54) is 18.3 Å². The van der Waals surface area contributed by atoms with Gasteiger partial charge in [0, 0.05) is 34.0 Å². The zero-order valence-corrected chi connectivity index (χ0v) is 14.8. The van der Waals surface area contributed by atoms with Gasteiger partial charge in [-0.25, -0.2) is 0 Å². The van der Waals surface area contributed by atoms with E-state index in [2.05, 4.69) is 15.6 Å². The molecule has 126 valence electrons. The van der Waals surface area contributed by atoms with E-state index in [0.717, 1.165) is 0 Å². The second-order valence-corrected chi connectivity index (χ2v) is 6.52. The first-order valence-corrected chi connectivity index (χ1v) is 8.12. The summed E-state index contributed by atoms with van der Waals surface area (Å²) in [6, 6.07) is 7.71. The SMILES string of the molecule is CC(C)CNC(=O)c1cc(C(=O)Nc2cc(Cl)cc(Cl)c2)ccn1. The lowest BCUT2D eigenvalue weighted by Gasteiger charge is -2.09. The number of amides is 2. The van der Waals surface area contributed by atoms with Crippen molar-refractivity contribution in [1.82, 2.24) is 10.3 Å². The number of benzene rings is 1. The molecule has 0 unspecified atom stereocenters. The van der Waals surface area contributed by atoms with Crippen LogP contribution in [0.25, 0.3) is 0 Å². The van der Waals surface area contributed by atoms with Crippen LogP contribution in [0.3, 0.4) is 0 Å². The van der Waals surface area contributed by atoms with Crippen molar-refractivity contribution in [2.75, 3.05) is 11.9 Å². The van der Waals surface area contributed by atoms with Gasteiger partial charge in [0.25, 0.3) is 11.8 Å². The molecule has 2 aromatic rings. The zero-order chi connectivity index (χ0) is 17.7. The van der Waals surface area contributed by atoms with Crippen molar-refractivity contribution in [3.05, 3.63) is 57.8 Å². The third kappa shape index (κ3) is 5.22. The van der Waals surface area contributed by atoms with Crippen LogP contribution in [-0.2, 0) is 0 Å². The van der Waals surface area contributed by atoms with Gasteiger partial charge in [0.1, 0.15) is 5.69 Å². The van der Waals surface area contributed by atoms with Crippen molar-refractivity contribution in [1.29, 1.82) is 0 Å². The summed E-state index contributed by atoms with van der Waals surface area (Å²) in [5, 5.41) is 6.29. The van der Waals surface area contributed by atoms with Crippen molar-refractivity contribution < 1.29 is 9.59 Å². The Morgan fingerprint density at radius 2 is 1.75 bits per heavy atom. The molecule has 1 heterocycles. The number of halogens is 2. The van der Waals surface area contributed by atoms with Crippen molar-refractivity contribution in [3.8, 4) is 0 Å². The molecule has 1 aromatic carbocycles. The van der Waals surface area contributed by atoms with Gasteiger partial charge in [-0.2, -0.15) is 0 Å². The van der Waals surface area contributed by atoms with Crippen molar-refractivity contribution in [2.45, 2.75) is 13.8 Å². The Labute approximate surface area is 150 Å². The van der Waals surface area contributed by atoms with Gasteiger partial charge in [-0.3, -0.25) is 14.6 Å². The number of pyridine rings is 1. The Morgan fingerprint density at radius 1 is 1.08 bits per heavy atom. The van der Waals surface area contributed by atoms with Crippen LogP contribution in [-0.4, -0.2) is 23.3 Å². The molecule has 1 aromatic heterocycles. The largest absolute Gasteiger partial charge is 0.350 e. The molecule has 2 rings (SSSR count). The summed E-state index contributed by atoms with van der Waals surface area (Å²) < 4.78 is 0. The molecule has 0 aliphatic heterocycles. The van der Waals surface area contributed by atoms with Crippen LogP contribution in [0.1, 0.15) is 34.7 Å². The summed E-state index contributed by atoms with van der Waals surface area (Å²) >= 11 is 11.8. The lowest BCUT2D eigenvalue weighted by atomic mass is 10.2. The highest BCUT2D eigenvalue weighted by atomic mass is 35.5. The molecule has 2 N–H and O–H groups in total. The third-order valence-corrected chi connectivity index (χ3v) is 3.48. The minimum absolute atomic E-state index is 0.187. The maximum absolute atomic E-state index is 12.3. The van der Waals surface area contributed by atoms with Crippen LogP contribution in [0, 0.1) is 5.92 Å². The summed E-state index contributed by atoms with van der Waals surface area (Å²) in [5.41, 5.74) is 0.975. The van der Waals surface area contributed by atoms with Crippen LogP contribution >= 0.6 is 23.2 Å². The molecule has 0 atom stereocenters. The molecule has 2 amide bonds. The van der Waals surface area contributed by atoms with E-state index >= 15 is 0 Å². The van der Waals surface area contributed by atoms with Gasteiger partial charge < -0.3 is 10.6 Å². The highest BCUT2D eigenvalue weighted by Gasteiger charge is 2.12. The minimum Gasteiger partial charge on any atom is -0.350 e. The first-order valence-electron chi connectivity index (χ1n) is 7.37. The maximum atomic E-state index is 12.3. The van der Waals surface area contributed by atoms with Gasteiger partial charge in [0.05, 0.1) is 0 Å². The molecule has 7 heteroatoms. The number of carbonyl (C=O) groups excluding carboxylic acids is 2. The first-order chi connectivity index (χ1) is 11.3. The monoisotopic (exact) mass is 365 g/mol. The van der Waals surface area contributed by atoms with E-state index in [0.29, 0.717) is 33.8 Å². The van der Waals surface area contributed by atoms with Crippen molar-refractivity contribution >= 4 is 40.7 Å². The van der Waals surface area contributed by atoms with E-state index in [4.69, 9.17) is 23.2 Å². The van der Waals surface area contributed by atoms with Crippen molar-refractivity contribution in [2.24, 2.45) is 5.92 Å². The van der Waals surface area contributed by atoms with Gasteiger partial charge >= 0.3 is 0 Å². The summed E-state index contributed by atoms with van der Waals surface area (Å²) in [4.78, 5) is 28.4. The second kappa shape index (κ2) is 8.13. The molecular formula is C17H17Cl2N3O2. The maximum Gasteiger partial charge on any atom is 0.269 e. The molecule has 24 heavy (non-hydrogen) atoms. The Balaban J connectivity index is 2.12. The number of nitrogens with zero attached hydrogens (tertiary/aromatic N) is 1. The third-order valence-electron chi connectivity index (χ3n) is 3.05. The van der Waals surface area contributed by atoms with Gasteiger partial charge in [-0.1, -0.05) is 37.0 Å². The predicted molar refractivity (Wildman–Crippen MR) is 95.8 cm³/mol. The molecule has 0 radical (unpaired) electrons. The van der Waals surface area contributed by atoms with Crippen LogP contribution in [0.15, 0.2) is 36.5 Å². The standard InChI is InChI=1S/C17H17Cl2N3O2/c1-10(2)9-21-17(24)15-5-11(3-4-20-15)16(23)22-14-7-12(18)6-13(19)8-14/h3-8,10H,9H2,1-2H3,(H,21,24)(H,22,23). The Bertz CT molecular complexity index is 743. The summed E-state index contributed by atoms with van der Waals surface area (Å²) in [5.74, 6) is -0.370. The van der Waals surface area contributed by atoms with Crippen LogP contribution in [0.5, 0.6) is 0 Å². The molecule has 0 spiro atoms. The van der Waals surface area contributed by atoms with Crippen molar-refractivity contribution in [3.63, 3.8) is 0 Å². The fourth-order valence-corrected chi connectivity index (χ4v) is 2.44. The Kier molecular flexibility index (Phi) is 6.17. The lowest BCUT2D eigenvalue weighted by molar-refractivity contribution is 0.0944. The zero-order valence-electron chi connectivity index (χ0n) is 13.3. The Hall–Kier alpha value is -2.11. The van der Waals surface area contributed by atoms with Gasteiger partial charge in [-0.15, -0.1) is 0 Å². The number of hydrogen-bond donors (Lipinski definition) is 2. The highest BCUT2D eigenvalue weighted by molar-refractivity contribution is 6.35. The number of anilines is 1. The van der Waals surface area contributed by atoms with Gasteiger partial charge in [0.15, 0.2) is 0 Å². The quantitative estimate of drug-likeness (QED) is 0.840. The molecule has 0 bridgehead atoms. The van der Waals surface area contributed by atoms with E-state index < -0.39 is 0 Å². The highest BCUT2D eigenvalue weighted by Crippen LogP contribution is 2.22. The molecule has 0 saturated heterocycles. The van der Waals surface area contributed by atoms with Gasteiger partial charge in [0.2, 0.25) is 0 Å². The minimum atomic E-state index is -0.381. The van der Waals surface area contributed by atoms with E-state index in [1.807, 2.05) is 13.8 Å². The smallest absolute Gasteiger partial charge is 0.269 e. The fraction of sp³-hybridized carbons (Fsp3) is 0.235. The molecule has 0 aliphatic rings. The number of hydrogen-bond acceptors (Lipinski definition) is 3. The molecule has 0 fully saturated rings. The van der Waals surface area contributed by atoms with Crippen LogP contribution < -0.4 is 10.6 Å². The second-order valence-electron chi connectivity index (χ2n) is 5.65.